The second-order valence-corrected chi connectivity index (χ2v) is 3.31. The molecule has 0 saturated heterocycles. The van der Waals surface area contributed by atoms with Gasteiger partial charge in [-0.25, -0.2) is 4.79 Å². The lowest BCUT2D eigenvalue weighted by molar-refractivity contribution is -0.384. The molecule has 0 radical (unpaired) electrons. The number of nitro benzene ring substituents is 1. The SMILES string of the molecule is CC(=O)N(C)c1cccc(C(=O)O)c1[N+](=O)[O-]. The van der Waals surface area contributed by atoms with E-state index in [1.807, 2.05) is 0 Å². The summed E-state index contributed by atoms with van der Waals surface area (Å²) in [5.74, 6) is -1.83. The summed E-state index contributed by atoms with van der Waals surface area (Å²) in [5, 5.41) is 19.7. The number of para-hydroxylation sites is 1. The van der Waals surface area contributed by atoms with E-state index in [2.05, 4.69) is 0 Å². The van der Waals surface area contributed by atoms with E-state index in [-0.39, 0.29) is 5.69 Å². The molecule has 90 valence electrons. The van der Waals surface area contributed by atoms with Gasteiger partial charge in [0.1, 0.15) is 11.3 Å². The van der Waals surface area contributed by atoms with Crippen molar-refractivity contribution < 1.29 is 19.6 Å². The summed E-state index contributed by atoms with van der Waals surface area (Å²) >= 11 is 0. The zero-order valence-corrected chi connectivity index (χ0v) is 9.21. The first-order valence-corrected chi connectivity index (χ1v) is 4.61. The van der Waals surface area contributed by atoms with Gasteiger partial charge in [0.15, 0.2) is 0 Å². The molecule has 0 saturated carbocycles. The van der Waals surface area contributed by atoms with E-state index in [0.29, 0.717) is 0 Å². The van der Waals surface area contributed by atoms with Crippen molar-refractivity contribution in [3.8, 4) is 0 Å². The van der Waals surface area contributed by atoms with Crippen molar-refractivity contribution in [1.29, 1.82) is 0 Å². The first kappa shape index (κ1) is 12.6. The second kappa shape index (κ2) is 4.60. The highest BCUT2D eigenvalue weighted by atomic mass is 16.6. The van der Waals surface area contributed by atoms with Crippen LogP contribution in [0.1, 0.15) is 17.3 Å². The number of benzene rings is 1. The van der Waals surface area contributed by atoms with Crippen LogP contribution in [0.15, 0.2) is 18.2 Å². The fourth-order valence-electron chi connectivity index (χ4n) is 1.34. The van der Waals surface area contributed by atoms with Gasteiger partial charge in [-0.3, -0.25) is 14.9 Å². The Kier molecular flexibility index (Phi) is 3.42. The number of nitrogens with zero attached hydrogens (tertiary/aromatic N) is 2. The highest BCUT2D eigenvalue weighted by Crippen LogP contribution is 2.31. The largest absolute Gasteiger partial charge is 0.477 e. The summed E-state index contributed by atoms with van der Waals surface area (Å²) in [4.78, 5) is 33.1. The van der Waals surface area contributed by atoms with E-state index < -0.39 is 28.1 Å². The number of rotatable bonds is 3. The van der Waals surface area contributed by atoms with Gasteiger partial charge in [-0.05, 0) is 12.1 Å². The summed E-state index contributed by atoms with van der Waals surface area (Å²) in [6.07, 6.45) is 0. The van der Waals surface area contributed by atoms with Crippen LogP contribution in [0, 0.1) is 10.1 Å². The van der Waals surface area contributed by atoms with Crippen LogP contribution in [0.4, 0.5) is 11.4 Å². The third-order valence-corrected chi connectivity index (χ3v) is 2.26. The van der Waals surface area contributed by atoms with Crippen molar-refractivity contribution in [2.45, 2.75) is 6.92 Å². The molecule has 1 aromatic rings. The molecule has 7 heteroatoms. The van der Waals surface area contributed by atoms with Crippen LogP contribution < -0.4 is 4.90 Å². The number of aromatic carboxylic acids is 1. The van der Waals surface area contributed by atoms with Crippen LogP contribution in [0.25, 0.3) is 0 Å². The predicted octanol–water partition coefficient (Wildman–Crippen LogP) is 1.28. The molecule has 0 spiro atoms. The number of carbonyl (C=O) groups is 2. The molecule has 0 unspecified atom stereocenters. The Morgan fingerprint density at radius 1 is 1.41 bits per heavy atom. The van der Waals surface area contributed by atoms with Crippen LogP contribution in [0.5, 0.6) is 0 Å². The average Bonchev–Trinajstić information content (AvgIpc) is 2.26. The Morgan fingerprint density at radius 3 is 2.41 bits per heavy atom. The quantitative estimate of drug-likeness (QED) is 0.631. The molecule has 0 aliphatic heterocycles. The van der Waals surface area contributed by atoms with Crippen molar-refractivity contribution in [3.05, 3.63) is 33.9 Å². The minimum atomic E-state index is -1.41. The second-order valence-electron chi connectivity index (χ2n) is 3.31. The summed E-state index contributed by atoms with van der Waals surface area (Å²) in [5.41, 5.74) is -1.07. The number of nitro groups is 1. The molecule has 7 nitrogen and oxygen atoms in total. The minimum absolute atomic E-state index is 0.0394. The Morgan fingerprint density at radius 2 is 2.00 bits per heavy atom. The summed E-state index contributed by atoms with van der Waals surface area (Å²) in [6, 6.07) is 3.80. The molecule has 1 aromatic carbocycles. The number of anilines is 1. The average molecular weight is 238 g/mol. The summed E-state index contributed by atoms with van der Waals surface area (Å²) in [6.45, 7) is 1.23. The van der Waals surface area contributed by atoms with E-state index >= 15 is 0 Å². The molecule has 1 rings (SSSR count). The number of hydrogen-bond donors (Lipinski definition) is 1. The van der Waals surface area contributed by atoms with E-state index in [1.165, 1.54) is 26.1 Å². The van der Waals surface area contributed by atoms with Crippen LogP contribution >= 0.6 is 0 Å². The number of carboxylic acids is 1. The number of carbonyl (C=O) groups excluding carboxylic acids is 1. The first-order valence-electron chi connectivity index (χ1n) is 4.61. The van der Waals surface area contributed by atoms with Gasteiger partial charge in [0.05, 0.1) is 4.92 Å². The molecule has 0 aliphatic rings. The van der Waals surface area contributed by atoms with Gasteiger partial charge in [0.25, 0.3) is 0 Å². The third kappa shape index (κ3) is 2.39. The maximum atomic E-state index is 11.2. The molecule has 0 aromatic heterocycles. The summed E-state index contributed by atoms with van der Waals surface area (Å²) in [7, 11) is 1.34. The van der Waals surface area contributed by atoms with E-state index in [0.717, 1.165) is 11.0 Å². The van der Waals surface area contributed by atoms with Gasteiger partial charge in [0.2, 0.25) is 5.91 Å². The van der Waals surface area contributed by atoms with Gasteiger partial charge in [0, 0.05) is 14.0 Å². The molecular formula is C10H10N2O5. The highest BCUT2D eigenvalue weighted by molar-refractivity contribution is 6.00. The lowest BCUT2D eigenvalue weighted by Crippen LogP contribution is -2.24. The maximum Gasteiger partial charge on any atom is 0.342 e. The predicted molar refractivity (Wildman–Crippen MR) is 59.1 cm³/mol. The fraction of sp³-hybridized carbons (Fsp3) is 0.200. The molecule has 0 heterocycles. The van der Waals surface area contributed by atoms with Crippen LogP contribution in [-0.2, 0) is 4.79 Å². The monoisotopic (exact) mass is 238 g/mol. The van der Waals surface area contributed by atoms with Crippen molar-refractivity contribution in [2.75, 3.05) is 11.9 Å². The third-order valence-electron chi connectivity index (χ3n) is 2.26. The number of carboxylic acid groups (broad SMARTS) is 1. The van der Waals surface area contributed by atoms with Crippen molar-refractivity contribution in [2.24, 2.45) is 0 Å². The smallest absolute Gasteiger partial charge is 0.342 e. The topological polar surface area (TPSA) is 101 Å². The fourth-order valence-corrected chi connectivity index (χ4v) is 1.34. The lowest BCUT2D eigenvalue weighted by Gasteiger charge is -2.15. The molecule has 17 heavy (non-hydrogen) atoms. The standard InChI is InChI=1S/C10H10N2O5/c1-6(13)11(2)8-5-3-4-7(10(14)15)9(8)12(16)17/h3-5H,1-2H3,(H,14,15). The van der Waals surface area contributed by atoms with E-state index in [4.69, 9.17) is 5.11 Å². The van der Waals surface area contributed by atoms with Crippen LogP contribution in [0.3, 0.4) is 0 Å². The maximum absolute atomic E-state index is 11.2. The molecule has 0 fully saturated rings. The van der Waals surface area contributed by atoms with Gasteiger partial charge in [-0.2, -0.15) is 0 Å². The Hall–Kier alpha value is -2.44. The van der Waals surface area contributed by atoms with Gasteiger partial charge in [-0.15, -0.1) is 0 Å². The van der Waals surface area contributed by atoms with E-state index in [1.54, 1.807) is 0 Å². The highest BCUT2D eigenvalue weighted by Gasteiger charge is 2.27. The van der Waals surface area contributed by atoms with Crippen LogP contribution in [-0.4, -0.2) is 29.0 Å². The lowest BCUT2D eigenvalue weighted by atomic mass is 10.1. The Balaban J connectivity index is 3.50. The van der Waals surface area contributed by atoms with Crippen LogP contribution in [0.2, 0.25) is 0 Å². The van der Waals surface area contributed by atoms with Crippen molar-refractivity contribution in [1.82, 2.24) is 0 Å². The molecule has 1 N–H and O–H groups in total. The van der Waals surface area contributed by atoms with Crippen molar-refractivity contribution in [3.63, 3.8) is 0 Å². The van der Waals surface area contributed by atoms with Crippen molar-refractivity contribution >= 4 is 23.3 Å². The molecule has 0 aliphatic carbocycles. The number of hydrogen-bond acceptors (Lipinski definition) is 4. The zero-order chi connectivity index (χ0) is 13.2. The first-order chi connectivity index (χ1) is 7.86. The summed E-state index contributed by atoms with van der Waals surface area (Å²) < 4.78 is 0. The zero-order valence-electron chi connectivity index (χ0n) is 9.21. The molecule has 0 bridgehead atoms. The Bertz CT molecular complexity index is 497. The molecule has 1 amide bonds. The Labute approximate surface area is 96.4 Å². The van der Waals surface area contributed by atoms with Gasteiger partial charge >= 0.3 is 11.7 Å². The van der Waals surface area contributed by atoms with E-state index in [9.17, 15) is 19.7 Å². The molecule has 0 atom stereocenters. The minimum Gasteiger partial charge on any atom is -0.477 e. The molecular weight excluding hydrogens is 228 g/mol. The van der Waals surface area contributed by atoms with Gasteiger partial charge in [-0.1, -0.05) is 6.07 Å². The normalized spacial score (nSPS) is 9.76. The number of amides is 1. The van der Waals surface area contributed by atoms with Gasteiger partial charge < -0.3 is 10.0 Å².